The third kappa shape index (κ3) is 4.03. The van der Waals surface area contributed by atoms with Crippen molar-refractivity contribution >= 4 is 22.6 Å². The topological polar surface area (TPSA) is 15.3 Å². The van der Waals surface area contributed by atoms with Crippen LogP contribution in [0.2, 0.25) is 0 Å². The molecule has 0 amide bonds. The Balaban J connectivity index is 2.21. The first kappa shape index (κ1) is 12.7. The fourth-order valence-electron chi connectivity index (χ4n) is 2.39. The summed E-state index contributed by atoms with van der Waals surface area (Å²) in [5.41, 5.74) is 0. The Morgan fingerprint density at radius 3 is 2.43 bits per heavy atom. The summed E-state index contributed by atoms with van der Waals surface area (Å²) in [7, 11) is 4.34. The second kappa shape index (κ2) is 7.01. The van der Waals surface area contributed by atoms with Crippen LogP contribution in [0.4, 0.5) is 0 Å². The van der Waals surface area contributed by atoms with Gasteiger partial charge in [0.15, 0.2) is 0 Å². The molecule has 0 aromatic carbocycles. The highest BCUT2D eigenvalue weighted by molar-refractivity contribution is 14.1. The van der Waals surface area contributed by atoms with Crippen molar-refractivity contribution in [1.29, 1.82) is 0 Å². The van der Waals surface area contributed by atoms with Gasteiger partial charge in [0.05, 0.1) is 0 Å². The van der Waals surface area contributed by atoms with Gasteiger partial charge in [-0.3, -0.25) is 0 Å². The van der Waals surface area contributed by atoms with Crippen LogP contribution < -0.4 is 5.32 Å². The molecule has 1 fully saturated rings. The van der Waals surface area contributed by atoms with Crippen molar-refractivity contribution in [1.82, 2.24) is 10.2 Å². The maximum absolute atomic E-state index is 3.29. The van der Waals surface area contributed by atoms with Crippen molar-refractivity contribution in [3.8, 4) is 0 Å². The first-order chi connectivity index (χ1) is 6.77. The maximum Gasteiger partial charge on any atom is 0.0123 e. The van der Waals surface area contributed by atoms with Gasteiger partial charge in [0, 0.05) is 17.0 Å². The Kier molecular flexibility index (Phi) is 6.37. The molecule has 0 atom stereocenters. The van der Waals surface area contributed by atoms with Gasteiger partial charge in [-0.25, -0.2) is 0 Å². The van der Waals surface area contributed by atoms with Gasteiger partial charge in [0.25, 0.3) is 0 Å². The van der Waals surface area contributed by atoms with Crippen LogP contribution in [-0.2, 0) is 0 Å². The summed E-state index contributed by atoms with van der Waals surface area (Å²) in [6.07, 6.45) is 5.63. The van der Waals surface area contributed by atoms with Gasteiger partial charge in [0.2, 0.25) is 0 Å². The van der Waals surface area contributed by atoms with Crippen LogP contribution >= 0.6 is 22.6 Å². The molecular weight excluding hydrogens is 287 g/mol. The van der Waals surface area contributed by atoms with Gasteiger partial charge < -0.3 is 10.2 Å². The SMILES string of the molecule is CNCC1CCC(N(C)CCI)CC1. The Morgan fingerprint density at radius 1 is 1.29 bits per heavy atom. The van der Waals surface area contributed by atoms with E-state index in [4.69, 9.17) is 0 Å². The molecule has 0 bridgehead atoms. The lowest BCUT2D eigenvalue weighted by molar-refractivity contribution is 0.173. The predicted octanol–water partition coefficient (Wildman–Crippen LogP) is 2.13. The third-order valence-corrected chi connectivity index (χ3v) is 3.85. The van der Waals surface area contributed by atoms with Crippen LogP contribution in [0.15, 0.2) is 0 Å². The minimum Gasteiger partial charge on any atom is -0.319 e. The smallest absolute Gasteiger partial charge is 0.0123 e. The standard InChI is InChI=1S/C11H23IN2/c1-13-9-10-3-5-11(6-4-10)14(2)8-7-12/h10-11,13H,3-9H2,1-2H3. The Labute approximate surface area is 102 Å². The maximum atomic E-state index is 3.29. The zero-order valence-electron chi connectivity index (χ0n) is 9.43. The van der Waals surface area contributed by atoms with Crippen molar-refractivity contribution in [3.63, 3.8) is 0 Å². The van der Waals surface area contributed by atoms with E-state index < -0.39 is 0 Å². The van der Waals surface area contributed by atoms with E-state index >= 15 is 0 Å². The lowest BCUT2D eigenvalue weighted by Gasteiger charge is -2.34. The van der Waals surface area contributed by atoms with E-state index in [1.807, 2.05) is 0 Å². The van der Waals surface area contributed by atoms with E-state index in [1.165, 1.54) is 43.2 Å². The van der Waals surface area contributed by atoms with Crippen LogP contribution in [0.5, 0.6) is 0 Å². The molecule has 0 saturated heterocycles. The molecule has 0 aliphatic heterocycles. The summed E-state index contributed by atoms with van der Waals surface area (Å²) in [6, 6.07) is 0.859. The molecule has 0 spiro atoms. The van der Waals surface area contributed by atoms with Crippen molar-refractivity contribution in [2.45, 2.75) is 31.7 Å². The summed E-state index contributed by atoms with van der Waals surface area (Å²) in [6.45, 7) is 2.46. The molecule has 0 unspecified atom stereocenters. The minimum atomic E-state index is 0.859. The average molecular weight is 310 g/mol. The third-order valence-electron chi connectivity index (χ3n) is 3.37. The lowest BCUT2D eigenvalue weighted by atomic mass is 9.85. The molecule has 1 saturated carbocycles. The highest BCUT2D eigenvalue weighted by atomic mass is 127. The van der Waals surface area contributed by atoms with E-state index in [9.17, 15) is 0 Å². The molecule has 14 heavy (non-hydrogen) atoms. The second-order valence-electron chi connectivity index (χ2n) is 4.40. The van der Waals surface area contributed by atoms with E-state index in [2.05, 4.69) is 46.9 Å². The number of nitrogens with zero attached hydrogens (tertiary/aromatic N) is 1. The molecule has 3 heteroatoms. The Morgan fingerprint density at radius 2 is 1.93 bits per heavy atom. The largest absolute Gasteiger partial charge is 0.319 e. The van der Waals surface area contributed by atoms with Gasteiger partial charge in [0.1, 0.15) is 0 Å². The van der Waals surface area contributed by atoms with Gasteiger partial charge in [-0.05, 0) is 52.2 Å². The normalized spacial score (nSPS) is 28.3. The molecule has 0 aromatic rings. The minimum absolute atomic E-state index is 0.859. The van der Waals surface area contributed by atoms with Crippen molar-refractivity contribution in [3.05, 3.63) is 0 Å². The fraction of sp³-hybridized carbons (Fsp3) is 1.00. The molecule has 84 valence electrons. The number of rotatable bonds is 5. The van der Waals surface area contributed by atoms with E-state index in [0.29, 0.717) is 0 Å². The van der Waals surface area contributed by atoms with Crippen molar-refractivity contribution in [2.75, 3.05) is 31.6 Å². The molecule has 2 nitrogen and oxygen atoms in total. The quantitative estimate of drug-likeness (QED) is 0.618. The number of hydrogen-bond donors (Lipinski definition) is 1. The molecule has 1 aliphatic carbocycles. The average Bonchev–Trinajstić information content (AvgIpc) is 2.20. The molecule has 0 radical (unpaired) electrons. The van der Waals surface area contributed by atoms with Gasteiger partial charge in [-0.15, -0.1) is 0 Å². The van der Waals surface area contributed by atoms with Crippen LogP contribution in [0, 0.1) is 5.92 Å². The Bertz CT molecular complexity index is 144. The first-order valence-corrected chi connectivity index (χ1v) is 7.21. The van der Waals surface area contributed by atoms with E-state index in [1.54, 1.807) is 0 Å². The summed E-state index contributed by atoms with van der Waals surface area (Å²) >= 11 is 2.46. The summed E-state index contributed by atoms with van der Waals surface area (Å²) in [5.74, 6) is 0.934. The second-order valence-corrected chi connectivity index (χ2v) is 5.48. The molecule has 0 heterocycles. The fourth-order valence-corrected chi connectivity index (χ4v) is 3.16. The van der Waals surface area contributed by atoms with Gasteiger partial charge in [-0.2, -0.15) is 0 Å². The van der Waals surface area contributed by atoms with Crippen molar-refractivity contribution < 1.29 is 0 Å². The zero-order chi connectivity index (χ0) is 10.4. The lowest BCUT2D eigenvalue weighted by Crippen LogP contribution is -2.37. The van der Waals surface area contributed by atoms with Crippen molar-refractivity contribution in [2.24, 2.45) is 5.92 Å². The van der Waals surface area contributed by atoms with Crippen LogP contribution in [-0.4, -0.2) is 42.6 Å². The molecule has 1 N–H and O–H groups in total. The van der Waals surface area contributed by atoms with E-state index in [-0.39, 0.29) is 0 Å². The summed E-state index contributed by atoms with van der Waals surface area (Å²) in [5, 5.41) is 3.29. The number of halogens is 1. The first-order valence-electron chi connectivity index (χ1n) is 5.68. The van der Waals surface area contributed by atoms with Gasteiger partial charge in [-0.1, -0.05) is 22.6 Å². The Hall–Kier alpha value is 0.650. The molecule has 0 aromatic heterocycles. The van der Waals surface area contributed by atoms with Crippen LogP contribution in [0.3, 0.4) is 0 Å². The monoisotopic (exact) mass is 310 g/mol. The van der Waals surface area contributed by atoms with Crippen LogP contribution in [0.25, 0.3) is 0 Å². The highest BCUT2D eigenvalue weighted by Gasteiger charge is 2.22. The predicted molar refractivity (Wildman–Crippen MR) is 71.2 cm³/mol. The summed E-state index contributed by atoms with van der Waals surface area (Å²) < 4.78 is 1.25. The van der Waals surface area contributed by atoms with E-state index in [0.717, 1.165) is 12.0 Å². The molecule has 1 rings (SSSR count). The molecular formula is C11H23IN2. The number of nitrogens with one attached hydrogen (secondary N) is 1. The molecule has 1 aliphatic rings. The van der Waals surface area contributed by atoms with Crippen LogP contribution in [0.1, 0.15) is 25.7 Å². The summed E-state index contributed by atoms with van der Waals surface area (Å²) in [4.78, 5) is 2.54. The zero-order valence-corrected chi connectivity index (χ0v) is 11.6. The van der Waals surface area contributed by atoms with Gasteiger partial charge >= 0.3 is 0 Å². The number of hydrogen-bond acceptors (Lipinski definition) is 2. The highest BCUT2D eigenvalue weighted by Crippen LogP contribution is 2.26. The number of alkyl halides is 1.